The maximum atomic E-state index is 12.0. The van der Waals surface area contributed by atoms with E-state index in [2.05, 4.69) is 34.6 Å². The average Bonchev–Trinajstić information content (AvgIpc) is 3.09. The zero-order valence-electron chi connectivity index (χ0n) is 35.5. The summed E-state index contributed by atoms with van der Waals surface area (Å²) < 4.78 is 10.9. The van der Waals surface area contributed by atoms with Crippen molar-refractivity contribution in [3.8, 4) is 0 Å². The van der Waals surface area contributed by atoms with E-state index in [1.807, 2.05) is 0 Å². The number of esters is 2. The highest BCUT2D eigenvalue weighted by Gasteiger charge is 2.06. The van der Waals surface area contributed by atoms with Crippen LogP contribution in [0.25, 0.3) is 0 Å². The number of hydrogen-bond acceptors (Lipinski definition) is 4. The van der Waals surface area contributed by atoms with Crippen LogP contribution in [0, 0.1) is 17.8 Å². The van der Waals surface area contributed by atoms with Crippen molar-refractivity contribution in [2.24, 2.45) is 17.8 Å². The lowest BCUT2D eigenvalue weighted by Crippen LogP contribution is -2.05. The minimum absolute atomic E-state index is 0.00884. The van der Waals surface area contributed by atoms with Gasteiger partial charge < -0.3 is 9.47 Å². The van der Waals surface area contributed by atoms with E-state index in [-0.39, 0.29) is 11.9 Å². The molecule has 304 valence electrons. The van der Waals surface area contributed by atoms with Gasteiger partial charge in [-0.2, -0.15) is 0 Å². The molecule has 0 aromatic heterocycles. The van der Waals surface area contributed by atoms with Crippen molar-refractivity contribution >= 4 is 11.9 Å². The summed E-state index contributed by atoms with van der Waals surface area (Å²) in [6.07, 6.45) is 43.5. The molecule has 0 fully saturated rings. The Morgan fingerprint density at radius 3 is 0.843 bits per heavy atom. The van der Waals surface area contributed by atoms with Crippen molar-refractivity contribution in [2.45, 2.75) is 259 Å². The second-order valence-corrected chi connectivity index (χ2v) is 17.2. The lowest BCUT2D eigenvalue weighted by Gasteiger charge is -2.11. The molecule has 0 spiro atoms. The molecule has 0 aromatic rings. The largest absolute Gasteiger partial charge is 0.466 e. The first-order valence-electron chi connectivity index (χ1n) is 23.1. The SMILES string of the molecule is CC(C)CCCCCCCCCCCC(=O)OCCCCCCCCC(C)CCCCCCCOC(=O)CCCCCCCCCCCC(C)C. The van der Waals surface area contributed by atoms with Gasteiger partial charge in [-0.15, -0.1) is 0 Å². The summed E-state index contributed by atoms with van der Waals surface area (Å²) in [4.78, 5) is 24.0. The van der Waals surface area contributed by atoms with Gasteiger partial charge in [-0.3, -0.25) is 9.59 Å². The van der Waals surface area contributed by atoms with E-state index in [0.717, 1.165) is 43.4 Å². The molecule has 1 unspecified atom stereocenters. The fraction of sp³-hybridized carbons (Fsp3) is 0.957. The minimum atomic E-state index is 0.00884. The highest BCUT2D eigenvalue weighted by atomic mass is 16.5. The molecule has 0 bridgehead atoms. The Balaban J connectivity index is 3.31. The minimum Gasteiger partial charge on any atom is -0.466 e. The number of ether oxygens (including phenoxy) is 2. The monoisotopic (exact) mass is 721 g/mol. The van der Waals surface area contributed by atoms with Crippen LogP contribution in [0.2, 0.25) is 0 Å². The summed E-state index contributed by atoms with van der Waals surface area (Å²) in [5.41, 5.74) is 0. The summed E-state index contributed by atoms with van der Waals surface area (Å²) >= 11 is 0. The van der Waals surface area contributed by atoms with Crippen molar-refractivity contribution in [1.29, 1.82) is 0 Å². The molecule has 0 aliphatic carbocycles. The molecule has 0 radical (unpaired) electrons. The fourth-order valence-corrected chi connectivity index (χ4v) is 7.21. The number of rotatable bonds is 41. The molecule has 0 rings (SSSR count). The smallest absolute Gasteiger partial charge is 0.305 e. The van der Waals surface area contributed by atoms with Gasteiger partial charge in [0.25, 0.3) is 0 Å². The third kappa shape index (κ3) is 43.2. The lowest BCUT2D eigenvalue weighted by atomic mass is 9.96. The molecule has 0 aliphatic heterocycles. The van der Waals surface area contributed by atoms with E-state index < -0.39 is 0 Å². The van der Waals surface area contributed by atoms with Crippen molar-refractivity contribution in [1.82, 2.24) is 0 Å². The van der Waals surface area contributed by atoms with Crippen LogP contribution in [0.1, 0.15) is 259 Å². The Morgan fingerprint density at radius 2 is 0.549 bits per heavy atom. The predicted molar refractivity (Wildman–Crippen MR) is 222 cm³/mol. The van der Waals surface area contributed by atoms with Crippen LogP contribution < -0.4 is 0 Å². The van der Waals surface area contributed by atoms with Gasteiger partial charge in [0.2, 0.25) is 0 Å². The third-order valence-corrected chi connectivity index (χ3v) is 10.8. The molecule has 0 saturated heterocycles. The summed E-state index contributed by atoms with van der Waals surface area (Å²) in [5, 5.41) is 0. The first kappa shape index (κ1) is 49.9. The lowest BCUT2D eigenvalue weighted by molar-refractivity contribution is -0.144. The average molecular weight is 721 g/mol. The van der Waals surface area contributed by atoms with Crippen LogP contribution in [-0.2, 0) is 19.1 Å². The van der Waals surface area contributed by atoms with Crippen molar-refractivity contribution < 1.29 is 19.1 Å². The number of hydrogen-bond donors (Lipinski definition) is 0. The second kappa shape index (κ2) is 40.1. The molecule has 0 N–H and O–H groups in total. The summed E-state index contributed by atoms with van der Waals surface area (Å²) in [6, 6.07) is 0. The number of unbranched alkanes of at least 4 members (excludes halogenated alkanes) is 25. The summed E-state index contributed by atoms with van der Waals surface area (Å²) in [5.74, 6) is 2.54. The van der Waals surface area contributed by atoms with E-state index in [1.165, 1.54) is 186 Å². The molecule has 0 heterocycles. The zero-order chi connectivity index (χ0) is 37.5. The summed E-state index contributed by atoms with van der Waals surface area (Å²) in [7, 11) is 0. The van der Waals surface area contributed by atoms with Gasteiger partial charge in [-0.25, -0.2) is 0 Å². The Labute approximate surface area is 320 Å². The fourth-order valence-electron chi connectivity index (χ4n) is 7.21. The normalized spacial score (nSPS) is 12.2. The molecule has 0 saturated carbocycles. The van der Waals surface area contributed by atoms with E-state index in [1.54, 1.807) is 0 Å². The third-order valence-electron chi connectivity index (χ3n) is 10.8. The molecule has 4 nitrogen and oxygen atoms in total. The second-order valence-electron chi connectivity index (χ2n) is 17.2. The van der Waals surface area contributed by atoms with Gasteiger partial charge in [0.1, 0.15) is 0 Å². The van der Waals surface area contributed by atoms with Crippen molar-refractivity contribution in [3.05, 3.63) is 0 Å². The van der Waals surface area contributed by atoms with E-state index in [4.69, 9.17) is 9.47 Å². The molecule has 51 heavy (non-hydrogen) atoms. The Morgan fingerprint density at radius 1 is 0.314 bits per heavy atom. The zero-order valence-corrected chi connectivity index (χ0v) is 35.5. The van der Waals surface area contributed by atoms with E-state index in [0.29, 0.717) is 26.1 Å². The molecular formula is C47H92O4. The van der Waals surface area contributed by atoms with Gasteiger partial charge in [-0.1, -0.05) is 221 Å². The van der Waals surface area contributed by atoms with Crippen molar-refractivity contribution in [3.63, 3.8) is 0 Å². The quantitative estimate of drug-likeness (QED) is 0.0466. The summed E-state index contributed by atoms with van der Waals surface area (Å²) in [6.45, 7) is 12.9. The van der Waals surface area contributed by atoms with Gasteiger partial charge in [-0.05, 0) is 43.4 Å². The number of carbonyl (C=O) groups excluding carboxylic acids is 2. The molecule has 1 atom stereocenters. The molecule has 0 aliphatic rings. The first-order chi connectivity index (χ1) is 24.8. The standard InChI is InChI=1S/C47H92O4/c1-43(2)35-27-19-12-8-6-10-14-23-31-39-46(48)50-41-33-25-17-16-21-29-37-45(5)38-30-22-18-26-34-42-51-47(49)40-32-24-15-11-7-9-13-20-28-36-44(3)4/h43-45H,6-42H2,1-5H3. The van der Waals surface area contributed by atoms with Crippen LogP contribution in [0.4, 0.5) is 0 Å². The van der Waals surface area contributed by atoms with Crippen LogP contribution in [-0.4, -0.2) is 25.2 Å². The topological polar surface area (TPSA) is 52.6 Å². The van der Waals surface area contributed by atoms with Crippen LogP contribution in [0.5, 0.6) is 0 Å². The molecule has 4 heteroatoms. The van der Waals surface area contributed by atoms with Crippen LogP contribution in [0.3, 0.4) is 0 Å². The maximum absolute atomic E-state index is 12.0. The van der Waals surface area contributed by atoms with Gasteiger partial charge in [0, 0.05) is 12.8 Å². The van der Waals surface area contributed by atoms with Gasteiger partial charge in [0.05, 0.1) is 13.2 Å². The van der Waals surface area contributed by atoms with Gasteiger partial charge >= 0.3 is 11.9 Å². The Hall–Kier alpha value is -1.06. The van der Waals surface area contributed by atoms with Crippen LogP contribution in [0.15, 0.2) is 0 Å². The van der Waals surface area contributed by atoms with Crippen LogP contribution >= 0.6 is 0 Å². The molecular weight excluding hydrogens is 629 g/mol. The maximum Gasteiger partial charge on any atom is 0.305 e. The Bertz CT molecular complexity index is 717. The van der Waals surface area contributed by atoms with E-state index in [9.17, 15) is 9.59 Å². The first-order valence-corrected chi connectivity index (χ1v) is 23.1. The Kier molecular flexibility index (Phi) is 39.3. The number of carbonyl (C=O) groups is 2. The molecule has 0 amide bonds. The highest BCUT2D eigenvalue weighted by molar-refractivity contribution is 5.69. The predicted octanol–water partition coefficient (Wildman–Crippen LogP) is 15.7. The highest BCUT2D eigenvalue weighted by Crippen LogP contribution is 2.19. The van der Waals surface area contributed by atoms with Gasteiger partial charge in [0.15, 0.2) is 0 Å². The van der Waals surface area contributed by atoms with E-state index >= 15 is 0 Å². The van der Waals surface area contributed by atoms with Crippen molar-refractivity contribution in [2.75, 3.05) is 13.2 Å². The molecule has 0 aromatic carbocycles.